The summed E-state index contributed by atoms with van der Waals surface area (Å²) < 4.78 is 0. The predicted octanol–water partition coefficient (Wildman–Crippen LogP) is 0.134. The van der Waals surface area contributed by atoms with Gasteiger partial charge in [0, 0.05) is 19.6 Å². The number of rotatable bonds is 5. The SMILES string of the molecule is C=CCN(CCC)C(=O)C1CC(O)CN1. The second-order valence-corrected chi connectivity index (χ2v) is 3.92. The van der Waals surface area contributed by atoms with Crippen LogP contribution < -0.4 is 5.32 Å². The molecule has 15 heavy (non-hydrogen) atoms. The quantitative estimate of drug-likeness (QED) is 0.637. The maximum Gasteiger partial charge on any atom is 0.240 e. The molecule has 0 aromatic heterocycles. The Balaban J connectivity index is 2.51. The average molecular weight is 212 g/mol. The van der Waals surface area contributed by atoms with Gasteiger partial charge in [-0.1, -0.05) is 13.0 Å². The maximum absolute atomic E-state index is 12.0. The molecule has 1 saturated heterocycles. The van der Waals surface area contributed by atoms with Crippen LogP contribution in [-0.4, -0.2) is 47.7 Å². The summed E-state index contributed by atoms with van der Waals surface area (Å²) in [5.74, 6) is 0.0771. The highest BCUT2D eigenvalue weighted by Gasteiger charge is 2.30. The highest BCUT2D eigenvalue weighted by molar-refractivity contribution is 5.82. The van der Waals surface area contributed by atoms with Crippen LogP contribution in [0.25, 0.3) is 0 Å². The van der Waals surface area contributed by atoms with E-state index in [9.17, 15) is 9.90 Å². The van der Waals surface area contributed by atoms with Gasteiger partial charge in [0.15, 0.2) is 0 Å². The van der Waals surface area contributed by atoms with Crippen molar-refractivity contribution < 1.29 is 9.90 Å². The van der Waals surface area contributed by atoms with E-state index >= 15 is 0 Å². The molecule has 2 unspecified atom stereocenters. The van der Waals surface area contributed by atoms with Gasteiger partial charge >= 0.3 is 0 Å². The first-order chi connectivity index (χ1) is 7.19. The molecule has 0 bridgehead atoms. The molecule has 1 rings (SSSR count). The van der Waals surface area contributed by atoms with Crippen LogP contribution in [-0.2, 0) is 4.79 Å². The molecule has 0 aromatic rings. The molecule has 1 aliphatic rings. The fraction of sp³-hybridized carbons (Fsp3) is 0.727. The van der Waals surface area contributed by atoms with E-state index < -0.39 is 0 Å². The molecule has 1 aliphatic heterocycles. The van der Waals surface area contributed by atoms with E-state index in [1.54, 1.807) is 11.0 Å². The molecule has 0 aromatic carbocycles. The van der Waals surface area contributed by atoms with Crippen LogP contribution in [0, 0.1) is 0 Å². The first kappa shape index (κ1) is 12.2. The van der Waals surface area contributed by atoms with Gasteiger partial charge in [-0.3, -0.25) is 4.79 Å². The molecule has 0 aliphatic carbocycles. The van der Waals surface area contributed by atoms with E-state index in [-0.39, 0.29) is 18.1 Å². The highest BCUT2D eigenvalue weighted by Crippen LogP contribution is 2.10. The van der Waals surface area contributed by atoms with Crippen LogP contribution in [0.2, 0.25) is 0 Å². The third kappa shape index (κ3) is 3.32. The van der Waals surface area contributed by atoms with Crippen molar-refractivity contribution in [3.05, 3.63) is 12.7 Å². The summed E-state index contributed by atoms with van der Waals surface area (Å²) in [4.78, 5) is 13.8. The molecule has 1 fully saturated rings. The van der Waals surface area contributed by atoms with Crippen LogP contribution in [0.5, 0.6) is 0 Å². The number of aliphatic hydroxyl groups is 1. The molecular formula is C11H20N2O2. The summed E-state index contributed by atoms with van der Waals surface area (Å²) >= 11 is 0. The fourth-order valence-corrected chi connectivity index (χ4v) is 1.84. The molecule has 0 radical (unpaired) electrons. The minimum Gasteiger partial charge on any atom is -0.392 e. The number of nitrogens with zero attached hydrogens (tertiary/aromatic N) is 1. The monoisotopic (exact) mass is 212 g/mol. The summed E-state index contributed by atoms with van der Waals surface area (Å²) in [7, 11) is 0. The fourth-order valence-electron chi connectivity index (χ4n) is 1.84. The van der Waals surface area contributed by atoms with Crippen molar-refractivity contribution in [2.24, 2.45) is 0 Å². The zero-order valence-electron chi connectivity index (χ0n) is 9.28. The van der Waals surface area contributed by atoms with Crippen LogP contribution in [0.1, 0.15) is 19.8 Å². The molecule has 4 heteroatoms. The van der Waals surface area contributed by atoms with Gasteiger partial charge in [0.2, 0.25) is 5.91 Å². The van der Waals surface area contributed by atoms with Gasteiger partial charge < -0.3 is 15.3 Å². The van der Waals surface area contributed by atoms with E-state index in [2.05, 4.69) is 11.9 Å². The van der Waals surface area contributed by atoms with Crippen molar-refractivity contribution in [2.45, 2.75) is 31.9 Å². The van der Waals surface area contributed by atoms with E-state index in [0.29, 0.717) is 19.5 Å². The summed E-state index contributed by atoms with van der Waals surface area (Å²) in [5.41, 5.74) is 0. The van der Waals surface area contributed by atoms with Crippen molar-refractivity contribution >= 4 is 5.91 Å². The third-order valence-electron chi connectivity index (χ3n) is 2.56. The molecule has 0 saturated carbocycles. The molecule has 2 atom stereocenters. The van der Waals surface area contributed by atoms with Gasteiger partial charge in [0.05, 0.1) is 12.1 Å². The number of hydrogen-bond acceptors (Lipinski definition) is 3. The Morgan fingerprint density at radius 1 is 1.73 bits per heavy atom. The van der Waals surface area contributed by atoms with Crippen molar-refractivity contribution in [3.8, 4) is 0 Å². The smallest absolute Gasteiger partial charge is 0.240 e. The van der Waals surface area contributed by atoms with Gasteiger partial charge in [0.1, 0.15) is 0 Å². The Bertz CT molecular complexity index is 231. The van der Waals surface area contributed by atoms with Gasteiger partial charge in [-0.25, -0.2) is 0 Å². The minimum atomic E-state index is -0.383. The van der Waals surface area contributed by atoms with E-state index in [0.717, 1.165) is 13.0 Å². The van der Waals surface area contributed by atoms with Crippen LogP contribution in [0.3, 0.4) is 0 Å². The topological polar surface area (TPSA) is 52.6 Å². The Morgan fingerprint density at radius 3 is 2.93 bits per heavy atom. The van der Waals surface area contributed by atoms with E-state index in [1.807, 2.05) is 6.92 Å². The van der Waals surface area contributed by atoms with Crippen molar-refractivity contribution in [3.63, 3.8) is 0 Å². The number of carbonyl (C=O) groups is 1. The summed E-state index contributed by atoms with van der Waals surface area (Å²) in [6.45, 7) is 7.54. The molecule has 86 valence electrons. The second kappa shape index (κ2) is 5.88. The zero-order valence-corrected chi connectivity index (χ0v) is 9.28. The summed E-state index contributed by atoms with van der Waals surface area (Å²) in [6.07, 6.45) is 2.82. The highest BCUT2D eigenvalue weighted by atomic mass is 16.3. The van der Waals surface area contributed by atoms with Crippen LogP contribution in [0.4, 0.5) is 0 Å². The van der Waals surface area contributed by atoms with Gasteiger partial charge in [0.25, 0.3) is 0 Å². The third-order valence-corrected chi connectivity index (χ3v) is 2.56. The molecule has 1 heterocycles. The van der Waals surface area contributed by atoms with Crippen LogP contribution in [0.15, 0.2) is 12.7 Å². The van der Waals surface area contributed by atoms with E-state index in [4.69, 9.17) is 0 Å². The number of carbonyl (C=O) groups excluding carboxylic acids is 1. The summed E-state index contributed by atoms with van der Waals surface area (Å²) in [5, 5.41) is 12.4. The predicted molar refractivity (Wildman–Crippen MR) is 59.5 cm³/mol. The molecule has 1 amide bonds. The lowest BCUT2D eigenvalue weighted by Gasteiger charge is -2.23. The lowest BCUT2D eigenvalue weighted by Crippen LogP contribution is -2.44. The standard InChI is InChI=1S/C11H20N2O2/c1-3-5-13(6-4-2)11(15)10-7-9(14)8-12-10/h3,9-10,12,14H,1,4-8H2,2H3. The number of β-amino-alcohol motifs (C(OH)–C–C–N with tert-alkyl or cyclic N) is 1. The number of nitrogens with one attached hydrogen (secondary N) is 1. The first-order valence-electron chi connectivity index (χ1n) is 5.50. The largest absolute Gasteiger partial charge is 0.392 e. The van der Waals surface area contributed by atoms with E-state index in [1.165, 1.54) is 0 Å². The van der Waals surface area contributed by atoms with Crippen molar-refractivity contribution in [1.29, 1.82) is 0 Å². The molecular weight excluding hydrogens is 192 g/mol. The van der Waals surface area contributed by atoms with Gasteiger partial charge in [-0.05, 0) is 12.8 Å². The molecule has 0 spiro atoms. The minimum absolute atomic E-state index is 0.0771. The zero-order chi connectivity index (χ0) is 11.3. The van der Waals surface area contributed by atoms with Gasteiger partial charge in [-0.2, -0.15) is 0 Å². The lowest BCUT2D eigenvalue weighted by molar-refractivity contribution is -0.132. The van der Waals surface area contributed by atoms with Crippen molar-refractivity contribution in [2.75, 3.05) is 19.6 Å². The first-order valence-corrected chi connectivity index (χ1v) is 5.50. The molecule has 2 N–H and O–H groups in total. The maximum atomic E-state index is 12.0. The van der Waals surface area contributed by atoms with Crippen molar-refractivity contribution in [1.82, 2.24) is 10.2 Å². The lowest BCUT2D eigenvalue weighted by atomic mass is 10.1. The Kier molecular flexibility index (Phi) is 4.78. The van der Waals surface area contributed by atoms with Gasteiger partial charge in [-0.15, -0.1) is 6.58 Å². The second-order valence-electron chi connectivity index (χ2n) is 3.92. The molecule has 4 nitrogen and oxygen atoms in total. The average Bonchev–Trinajstić information content (AvgIpc) is 2.63. The van der Waals surface area contributed by atoms with Crippen LogP contribution >= 0.6 is 0 Å². The summed E-state index contributed by atoms with van der Waals surface area (Å²) in [6, 6.07) is -0.216. The Labute approximate surface area is 91.0 Å². The number of aliphatic hydroxyl groups excluding tert-OH is 1. The normalized spacial score (nSPS) is 25.2. The Morgan fingerprint density at radius 2 is 2.47 bits per heavy atom. The number of hydrogen-bond donors (Lipinski definition) is 2. The number of amides is 1. The Hall–Kier alpha value is -0.870.